The van der Waals surface area contributed by atoms with Crippen LogP contribution < -0.4 is 0 Å². The van der Waals surface area contributed by atoms with E-state index in [2.05, 4.69) is 0 Å². The number of aliphatic carboxylic acids is 1. The smallest absolute Gasteiger partial charge is 0.330 e. The van der Waals surface area contributed by atoms with Gasteiger partial charge >= 0.3 is 5.97 Å². The van der Waals surface area contributed by atoms with E-state index in [-0.39, 0.29) is 23.0 Å². The molecule has 0 aliphatic carbocycles. The van der Waals surface area contributed by atoms with Gasteiger partial charge in [-0.2, -0.15) is 0 Å². The lowest BCUT2D eigenvalue weighted by molar-refractivity contribution is -0.134. The van der Waals surface area contributed by atoms with Crippen LogP contribution in [0.15, 0.2) is 11.6 Å². The number of hydrogen-bond donors (Lipinski definition) is 1. The van der Waals surface area contributed by atoms with Crippen LogP contribution in [0.3, 0.4) is 0 Å². The van der Waals surface area contributed by atoms with Crippen LogP contribution in [-0.4, -0.2) is 25.4 Å². The molecule has 0 saturated carbocycles. The van der Waals surface area contributed by atoms with Crippen LogP contribution in [0.4, 0.5) is 0 Å². The molecule has 98 valence electrons. The van der Waals surface area contributed by atoms with Gasteiger partial charge in [0.25, 0.3) is 14.3 Å². The second kappa shape index (κ2) is 5.49. The molecule has 0 radical (unpaired) electrons. The van der Waals surface area contributed by atoms with Crippen molar-refractivity contribution in [3.63, 3.8) is 0 Å². The molecular formula is C12H22O4Si. The van der Waals surface area contributed by atoms with E-state index in [9.17, 15) is 9.59 Å². The first-order valence-corrected chi connectivity index (χ1v) is 8.50. The second-order valence-electron chi connectivity index (χ2n) is 5.63. The quantitative estimate of drug-likeness (QED) is 0.622. The molecule has 0 spiro atoms. The van der Waals surface area contributed by atoms with Gasteiger partial charge < -0.3 is 9.53 Å². The van der Waals surface area contributed by atoms with Crippen molar-refractivity contribution in [1.29, 1.82) is 0 Å². The van der Waals surface area contributed by atoms with Gasteiger partial charge in [0.05, 0.1) is 6.42 Å². The molecule has 0 aliphatic heterocycles. The van der Waals surface area contributed by atoms with Crippen molar-refractivity contribution >= 4 is 20.3 Å². The lowest BCUT2D eigenvalue weighted by atomic mass is 10.2. The summed E-state index contributed by atoms with van der Waals surface area (Å²) in [5, 5.41) is 8.61. The van der Waals surface area contributed by atoms with Crippen LogP contribution in [0.5, 0.6) is 0 Å². The number of carbonyl (C=O) groups excluding carboxylic acids is 1. The molecule has 0 aliphatic rings. The highest BCUT2D eigenvalue weighted by Crippen LogP contribution is 2.36. The van der Waals surface area contributed by atoms with Crippen LogP contribution >= 0.6 is 0 Å². The van der Waals surface area contributed by atoms with E-state index in [0.717, 1.165) is 0 Å². The van der Waals surface area contributed by atoms with Crippen molar-refractivity contribution in [3.8, 4) is 0 Å². The zero-order valence-electron chi connectivity index (χ0n) is 11.5. The fraction of sp³-hybridized carbons (Fsp3) is 0.667. The van der Waals surface area contributed by atoms with Crippen molar-refractivity contribution in [3.05, 3.63) is 11.6 Å². The van der Waals surface area contributed by atoms with Gasteiger partial charge in [0.15, 0.2) is 0 Å². The summed E-state index contributed by atoms with van der Waals surface area (Å²) in [5.41, 5.74) is 0.164. The van der Waals surface area contributed by atoms with E-state index < -0.39 is 14.3 Å². The summed E-state index contributed by atoms with van der Waals surface area (Å²) in [5.74, 6) is -1.36. The van der Waals surface area contributed by atoms with E-state index >= 15 is 0 Å². The van der Waals surface area contributed by atoms with Crippen molar-refractivity contribution in [1.82, 2.24) is 0 Å². The van der Waals surface area contributed by atoms with Gasteiger partial charge in [0.1, 0.15) is 0 Å². The summed E-state index contributed by atoms with van der Waals surface area (Å²) in [4.78, 5) is 22.2. The molecule has 0 fully saturated rings. The lowest BCUT2D eigenvalue weighted by Gasteiger charge is -2.35. The summed E-state index contributed by atoms with van der Waals surface area (Å²) in [6.07, 6.45) is 1.41. The summed E-state index contributed by atoms with van der Waals surface area (Å²) >= 11 is 0. The maximum Gasteiger partial charge on any atom is 0.330 e. The first kappa shape index (κ1) is 15.9. The molecule has 17 heavy (non-hydrogen) atoms. The normalized spacial score (nSPS) is 13.4. The topological polar surface area (TPSA) is 63.6 Å². The first-order chi connectivity index (χ1) is 7.47. The minimum atomic E-state index is -2.09. The van der Waals surface area contributed by atoms with Crippen LogP contribution in [0.25, 0.3) is 0 Å². The average molecular weight is 258 g/mol. The van der Waals surface area contributed by atoms with E-state index in [0.29, 0.717) is 0 Å². The molecule has 0 saturated heterocycles. The van der Waals surface area contributed by atoms with Crippen molar-refractivity contribution in [2.45, 2.75) is 52.2 Å². The number of carboxylic acids is 1. The fourth-order valence-electron chi connectivity index (χ4n) is 0.803. The van der Waals surface area contributed by atoms with Gasteiger partial charge in [-0.15, -0.1) is 0 Å². The predicted octanol–water partition coefficient (Wildman–Crippen LogP) is 2.96. The van der Waals surface area contributed by atoms with Crippen molar-refractivity contribution in [2.24, 2.45) is 0 Å². The van der Waals surface area contributed by atoms with E-state index in [1.54, 1.807) is 0 Å². The zero-order chi connectivity index (χ0) is 13.9. The van der Waals surface area contributed by atoms with Crippen LogP contribution in [-0.2, 0) is 14.0 Å². The predicted molar refractivity (Wildman–Crippen MR) is 69.3 cm³/mol. The molecule has 0 amide bonds. The van der Waals surface area contributed by atoms with Crippen LogP contribution in [0.1, 0.15) is 34.1 Å². The summed E-state index contributed by atoms with van der Waals surface area (Å²) in [6, 6.07) is 0. The van der Waals surface area contributed by atoms with Gasteiger partial charge in [0.2, 0.25) is 0 Å². The minimum Gasteiger partial charge on any atom is -0.519 e. The monoisotopic (exact) mass is 258 g/mol. The Kier molecular flexibility index (Phi) is 5.13. The largest absolute Gasteiger partial charge is 0.519 e. The van der Waals surface area contributed by atoms with Crippen molar-refractivity contribution in [2.75, 3.05) is 0 Å². The third-order valence-electron chi connectivity index (χ3n) is 3.09. The third-order valence-corrected chi connectivity index (χ3v) is 7.44. The Morgan fingerprint density at radius 1 is 1.29 bits per heavy atom. The molecule has 0 aromatic heterocycles. The molecule has 1 N–H and O–H groups in total. The molecule has 5 heteroatoms. The van der Waals surface area contributed by atoms with Gasteiger partial charge in [-0.05, 0) is 25.1 Å². The van der Waals surface area contributed by atoms with E-state index in [4.69, 9.17) is 9.53 Å². The van der Waals surface area contributed by atoms with Gasteiger partial charge in [-0.3, -0.25) is 4.79 Å². The molecule has 0 aromatic carbocycles. The van der Waals surface area contributed by atoms with Gasteiger partial charge in [0, 0.05) is 5.57 Å². The average Bonchev–Trinajstić information content (AvgIpc) is 2.11. The SMILES string of the molecule is CC(=CCC(=O)O[Si](C)(C)C(C)(C)C)C(=O)O. The Hall–Kier alpha value is -1.10. The van der Waals surface area contributed by atoms with Crippen molar-refractivity contribution < 1.29 is 19.1 Å². The molecule has 4 nitrogen and oxygen atoms in total. The standard InChI is InChI=1S/C12H22O4Si/c1-9(11(14)15)7-8-10(13)16-17(5,6)12(2,3)4/h7H,8H2,1-6H3,(H,14,15). The molecule has 0 atom stereocenters. The number of carboxylic acid groups (broad SMARTS) is 1. The highest BCUT2D eigenvalue weighted by molar-refractivity contribution is 6.75. The molecule has 0 rings (SSSR count). The highest BCUT2D eigenvalue weighted by Gasteiger charge is 2.40. The summed E-state index contributed by atoms with van der Waals surface area (Å²) in [7, 11) is -2.09. The molecule has 0 bridgehead atoms. The Morgan fingerprint density at radius 2 is 1.76 bits per heavy atom. The Balaban J connectivity index is 4.49. The van der Waals surface area contributed by atoms with Crippen LogP contribution in [0.2, 0.25) is 18.1 Å². The van der Waals surface area contributed by atoms with E-state index in [1.807, 2.05) is 33.9 Å². The number of rotatable bonds is 4. The maximum atomic E-state index is 11.6. The maximum absolute atomic E-state index is 11.6. The third kappa shape index (κ3) is 5.17. The fourth-order valence-corrected chi connectivity index (χ4v) is 1.76. The molecule has 0 unspecified atom stereocenters. The number of carbonyl (C=O) groups is 2. The van der Waals surface area contributed by atoms with Gasteiger partial charge in [-0.25, -0.2) is 4.79 Å². The first-order valence-electron chi connectivity index (χ1n) is 5.59. The lowest BCUT2D eigenvalue weighted by Crippen LogP contribution is -2.42. The molecule has 0 heterocycles. The minimum absolute atomic E-state index is 0.0185. The van der Waals surface area contributed by atoms with Gasteiger partial charge in [-0.1, -0.05) is 26.8 Å². The van der Waals surface area contributed by atoms with E-state index in [1.165, 1.54) is 13.0 Å². The highest BCUT2D eigenvalue weighted by atomic mass is 28.4. The number of hydrogen-bond acceptors (Lipinski definition) is 3. The Morgan fingerprint density at radius 3 is 2.12 bits per heavy atom. The van der Waals surface area contributed by atoms with Crippen LogP contribution in [0, 0.1) is 0 Å². The second-order valence-corrected chi connectivity index (χ2v) is 10.4. The summed E-state index contributed by atoms with van der Waals surface area (Å²) in [6.45, 7) is 11.6. The molecule has 0 aromatic rings. The Bertz CT molecular complexity index is 337. The zero-order valence-corrected chi connectivity index (χ0v) is 12.5. The molecular weight excluding hydrogens is 236 g/mol. The Labute approximate surface area is 104 Å². The summed E-state index contributed by atoms with van der Waals surface area (Å²) < 4.78 is 5.49.